The van der Waals surface area contributed by atoms with E-state index in [1.165, 1.54) is 5.56 Å². The van der Waals surface area contributed by atoms with Gasteiger partial charge in [-0.3, -0.25) is 0 Å². The third-order valence-corrected chi connectivity index (χ3v) is 3.17. The van der Waals surface area contributed by atoms with Crippen LogP contribution >= 0.6 is 0 Å². The van der Waals surface area contributed by atoms with Crippen molar-refractivity contribution in [1.29, 1.82) is 0 Å². The van der Waals surface area contributed by atoms with Gasteiger partial charge in [-0.15, -0.1) is 0 Å². The fraction of sp³-hybridized carbons (Fsp3) is 0.600. The third kappa shape index (κ3) is 3.97. The summed E-state index contributed by atoms with van der Waals surface area (Å²) in [6, 6.07) is 11.4. The predicted octanol–water partition coefficient (Wildman–Crippen LogP) is 3.50. The third-order valence-electron chi connectivity index (χ3n) is 3.17. The first-order valence-corrected chi connectivity index (χ1v) is 6.42. The largest absolute Gasteiger partial charge is 0.314 e. The van der Waals surface area contributed by atoms with Gasteiger partial charge in [0.2, 0.25) is 0 Å². The average Bonchev–Trinajstić information content (AvgIpc) is 2.26. The Morgan fingerprint density at radius 2 is 1.69 bits per heavy atom. The van der Waals surface area contributed by atoms with E-state index >= 15 is 0 Å². The lowest BCUT2D eigenvalue weighted by molar-refractivity contribution is 0.302. The molecule has 2 unspecified atom stereocenters. The molecule has 90 valence electrons. The molecule has 0 aromatic heterocycles. The van der Waals surface area contributed by atoms with Crippen LogP contribution in [0.2, 0.25) is 0 Å². The van der Waals surface area contributed by atoms with Gasteiger partial charge in [0, 0.05) is 6.04 Å². The van der Waals surface area contributed by atoms with Crippen molar-refractivity contribution in [2.24, 2.45) is 11.8 Å². The molecule has 0 aliphatic heterocycles. The smallest absolute Gasteiger partial charge is 0.0119 e. The maximum Gasteiger partial charge on any atom is 0.0119 e. The zero-order valence-corrected chi connectivity index (χ0v) is 11.0. The molecule has 0 aliphatic rings. The van der Waals surface area contributed by atoms with Gasteiger partial charge in [-0.2, -0.15) is 0 Å². The van der Waals surface area contributed by atoms with Gasteiger partial charge >= 0.3 is 0 Å². The Balaban J connectivity index is 2.58. The van der Waals surface area contributed by atoms with Crippen LogP contribution < -0.4 is 5.32 Å². The van der Waals surface area contributed by atoms with Crippen LogP contribution in [0.4, 0.5) is 0 Å². The lowest BCUT2D eigenvalue weighted by Gasteiger charge is -2.28. The highest BCUT2D eigenvalue weighted by Gasteiger charge is 2.19. The van der Waals surface area contributed by atoms with E-state index in [9.17, 15) is 0 Å². The molecule has 0 fully saturated rings. The molecule has 0 heterocycles. The molecule has 1 rings (SSSR count). The minimum Gasteiger partial charge on any atom is -0.314 e. The van der Waals surface area contributed by atoms with Crippen LogP contribution in [0.1, 0.15) is 33.3 Å². The molecule has 1 N–H and O–H groups in total. The van der Waals surface area contributed by atoms with Crippen LogP contribution in [-0.2, 0) is 6.42 Å². The standard InChI is InChI=1S/C15H25N/c1-5-16-15(12(2)3)13(4)11-14-9-7-6-8-10-14/h6-10,12-13,15-16H,5,11H2,1-4H3. The van der Waals surface area contributed by atoms with E-state index in [4.69, 9.17) is 0 Å². The van der Waals surface area contributed by atoms with Crippen molar-refractivity contribution in [2.75, 3.05) is 6.54 Å². The molecule has 1 nitrogen and oxygen atoms in total. The van der Waals surface area contributed by atoms with Crippen molar-refractivity contribution >= 4 is 0 Å². The van der Waals surface area contributed by atoms with Crippen molar-refractivity contribution in [2.45, 2.75) is 40.2 Å². The molecule has 0 saturated heterocycles. The highest BCUT2D eigenvalue weighted by molar-refractivity contribution is 5.15. The number of rotatable bonds is 6. The van der Waals surface area contributed by atoms with E-state index in [0.717, 1.165) is 13.0 Å². The molecule has 1 aromatic rings. The Kier molecular flexibility index (Phi) is 5.54. The monoisotopic (exact) mass is 219 g/mol. The zero-order valence-electron chi connectivity index (χ0n) is 11.0. The molecule has 0 radical (unpaired) electrons. The van der Waals surface area contributed by atoms with E-state index in [-0.39, 0.29) is 0 Å². The predicted molar refractivity (Wildman–Crippen MR) is 71.6 cm³/mol. The minimum atomic E-state index is 0.616. The maximum atomic E-state index is 3.60. The quantitative estimate of drug-likeness (QED) is 0.772. The molecule has 16 heavy (non-hydrogen) atoms. The number of hydrogen-bond acceptors (Lipinski definition) is 1. The summed E-state index contributed by atoms with van der Waals surface area (Å²) < 4.78 is 0. The van der Waals surface area contributed by atoms with Crippen molar-refractivity contribution in [3.63, 3.8) is 0 Å². The molecule has 0 spiro atoms. The summed E-state index contributed by atoms with van der Waals surface area (Å²) >= 11 is 0. The van der Waals surface area contributed by atoms with Crippen LogP contribution in [0.3, 0.4) is 0 Å². The van der Waals surface area contributed by atoms with Crippen LogP contribution in [-0.4, -0.2) is 12.6 Å². The van der Waals surface area contributed by atoms with Crippen LogP contribution in [0.15, 0.2) is 30.3 Å². The van der Waals surface area contributed by atoms with Gasteiger partial charge in [-0.1, -0.05) is 58.0 Å². The highest BCUT2D eigenvalue weighted by Crippen LogP contribution is 2.17. The first kappa shape index (κ1) is 13.2. The van der Waals surface area contributed by atoms with Crippen molar-refractivity contribution in [3.8, 4) is 0 Å². The fourth-order valence-electron chi connectivity index (χ4n) is 2.44. The van der Waals surface area contributed by atoms with Gasteiger partial charge in [0.25, 0.3) is 0 Å². The van der Waals surface area contributed by atoms with Gasteiger partial charge < -0.3 is 5.32 Å². The normalized spacial score (nSPS) is 15.1. The Labute approximate surface area is 100 Å². The molecular formula is C15H25N. The van der Waals surface area contributed by atoms with Crippen LogP contribution in [0, 0.1) is 11.8 Å². The van der Waals surface area contributed by atoms with Crippen LogP contribution in [0.5, 0.6) is 0 Å². The lowest BCUT2D eigenvalue weighted by Crippen LogP contribution is -2.40. The molecule has 0 bridgehead atoms. The SMILES string of the molecule is CCNC(C(C)C)C(C)Cc1ccccc1. The van der Waals surface area contributed by atoms with Crippen molar-refractivity contribution in [3.05, 3.63) is 35.9 Å². The summed E-state index contributed by atoms with van der Waals surface area (Å²) in [5, 5.41) is 3.60. The molecule has 0 amide bonds. The first-order valence-electron chi connectivity index (χ1n) is 6.42. The number of hydrogen-bond donors (Lipinski definition) is 1. The Bertz CT molecular complexity index is 279. The first-order chi connectivity index (χ1) is 7.65. The molecular weight excluding hydrogens is 194 g/mol. The lowest BCUT2D eigenvalue weighted by atomic mass is 9.87. The maximum absolute atomic E-state index is 3.60. The van der Waals surface area contributed by atoms with Gasteiger partial charge in [0.05, 0.1) is 0 Å². The summed E-state index contributed by atoms with van der Waals surface area (Å²) in [6.07, 6.45) is 1.16. The van der Waals surface area contributed by atoms with Gasteiger partial charge in [-0.05, 0) is 30.4 Å². The van der Waals surface area contributed by atoms with Crippen LogP contribution in [0.25, 0.3) is 0 Å². The van der Waals surface area contributed by atoms with Crippen molar-refractivity contribution < 1.29 is 0 Å². The van der Waals surface area contributed by atoms with E-state index in [1.54, 1.807) is 0 Å². The minimum absolute atomic E-state index is 0.616. The molecule has 1 heteroatoms. The highest BCUT2D eigenvalue weighted by atomic mass is 14.9. The summed E-state index contributed by atoms with van der Waals surface area (Å²) in [7, 11) is 0. The van der Waals surface area contributed by atoms with E-state index in [0.29, 0.717) is 17.9 Å². The second kappa shape index (κ2) is 6.70. The number of nitrogens with one attached hydrogen (secondary N) is 1. The zero-order chi connectivity index (χ0) is 12.0. The molecule has 0 saturated carbocycles. The average molecular weight is 219 g/mol. The molecule has 0 aliphatic carbocycles. The van der Waals surface area contributed by atoms with Gasteiger partial charge in [0.1, 0.15) is 0 Å². The summed E-state index contributed by atoms with van der Waals surface area (Å²) in [5.74, 6) is 1.38. The van der Waals surface area contributed by atoms with Gasteiger partial charge in [0.15, 0.2) is 0 Å². The summed E-state index contributed by atoms with van der Waals surface area (Å²) in [5.41, 5.74) is 1.44. The Morgan fingerprint density at radius 1 is 1.06 bits per heavy atom. The number of benzene rings is 1. The second-order valence-electron chi connectivity index (χ2n) is 4.99. The topological polar surface area (TPSA) is 12.0 Å². The Morgan fingerprint density at radius 3 is 2.19 bits per heavy atom. The second-order valence-corrected chi connectivity index (χ2v) is 4.99. The van der Waals surface area contributed by atoms with E-state index in [1.807, 2.05) is 0 Å². The Hall–Kier alpha value is -0.820. The van der Waals surface area contributed by atoms with E-state index in [2.05, 4.69) is 63.3 Å². The molecule has 1 aromatic carbocycles. The fourth-order valence-corrected chi connectivity index (χ4v) is 2.44. The van der Waals surface area contributed by atoms with Gasteiger partial charge in [-0.25, -0.2) is 0 Å². The summed E-state index contributed by atoms with van der Waals surface area (Å²) in [4.78, 5) is 0. The summed E-state index contributed by atoms with van der Waals surface area (Å²) in [6.45, 7) is 10.2. The molecule has 2 atom stereocenters. The van der Waals surface area contributed by atoms with Crippen molar-refractivity contribution in [1.82, 2.24) is 5.32 Å². The van der Waals surface area contributed by atoms with E-state index < -0.39 is 0 Å².